The van der Waals surface area contributed by atoms with E-state index in [-0.39, 0.29) is 29.6 Å². The number of hydrogen-bond donors (Lipinski definition) is 3. The van der Waals surface area contributed by atoms with E-state index in [4.69, 9.17) is 0 Å². The average Bonchev–Trinajstić information content (AvgIpc) is 3.41. The van der Waals surface area contributed by atoms with Gasteiger partial charge in [0.25, 0.3) is 0 Å². The summed E-state index contributed by atoms with van der Waals surface area (Å²) in [5.41, 5.74) is 2.99. The van der Waals surface area contributed by atoms with Crippen LogP contribution in [0.25, 0.3) is 10.9 Å². The number of aromatic nitrogens is 1. The van der Waals surface area contributed by atoms with Crippen molar-refractivity contribution in [2.75, 3.05) is 0 Å². The van der Waals surface area contributed by atoms with E-state index in [0.717, 1.165) is 28.2 Å². The number of allylic oxidation sites excluding steroid dienone is 6. The topological polar surface area (TPSA) is 99.3 Å². The molecule has 1 spiro atoms. The van der Waals surface area contributed by atoms with Gasteiger partial charge in [0.15, 0.2) is 11.6 Å². The zero-order valence-corrected chi connectivity index (χ0v) is 22.2. The zero-order valence-electron chi connectivity index (χ0n) is 22.2. The number of amides is 1. The van der Waals surface area contributed by atoms with Crippen molar-refractivity contribution in [1.29, 1.82) is 0 Å². The van der Waals surface area contributed by atoms with Crippen LogP contribution in [0.5, 0.6) is 0 Å². The van der Waals surface area contributed by atoms with E-state index in [2.05, 4.69) is 42.4 Å². The molecule has 1 aromatic carbocycles. The maximum atomic E-state index is 14.3. The van der Waals surface area contributed by atoms with Gasteiger partial charge in [-0.05, 0) is 68.9 Å². The molecule has 6 nitrogen and oxygen atoms in total. The van der Waals surface area contributed by atoms with Gasteiger partial charge in [-0.1, -0.05) is 55.0 Å². The highest BCUT2D eigenvalue weighted by atomic mass is 16.3. The molecule has 7 unspecified atom stereocenters. The van der Waals surface area contributed by atoms with E-state index in [0.29, 0.717) is 18.4 Å². The van der Waals surface area contributed by atoms with Crippen molar-refractivity contribution in [3.8, 4) is 0 Å². The van der Waals surface area contributed by atoms with Crippen LogP contribution < -0.4 is 5.32 Å². The number of benzene rings is 1. The predicted octanol–water partition coefficient (Wildman–Crippen LogP) is 4.26. The number of carbonyl (C=O) groups is 3. The summed E-state index contributed by atoms with van der Waals surface area (Å²) in [7, 11) is 0. The van der Waals surface area contributed by atoms with E-state index in [9.17, 15) is 19.5 Å². The summed E-state index contributed by atoms with van der Waals surface area (Å²) < 4.78 is 0. The number of ketones is 2. The minimum absolute atomic E-state index is 0.0813. The molecule has 38 heavy (non-hydrogen) atoms. The number of fused-ring (bicyclic) bond motifs is 4. The lowest BCUT2D eigenvalue weighted by Crippen LogP contribution is -2.59. The SMILES string of the molecule is CC1=CC(C)CC=CC2C=C(C)C3(C)c4[nH]c5ccccc5c4CC4NC(=O)C2(C(=O)C=CC(=O)C1O)C43. The fourth-order valence-electron chi connectivity index (χ4n) is 7.76. The lowest BCUT2D eigenvalue weighted by Gasteiger charge is -2.53. The molecule has 1 aromatic heterocycles. The van der Waals surface area contributed by atoms with Crippen LogP contribution >= 0.6 is 0 Å². The standard InChI is InChI=1S/C32H34N2O4/c1-17-8-7-9-20-15-19(3)31(4)28-24(16-22-21-10-5-6-11-23(21)33-29(22)31)34-30(38)32(20,28)26(36)13-12-25(35)27(37)18(2)14-17/h5-7,9-15,17,20,24,27-28,33,37H,8,16H2,1-4H3,(H,34,38). The number of aliphatic hydroxyl groups is 1. The molecule has 3 N–H and O–H groups in total. The van der Waals surface area contributed by atoms with E-state index in [1.54, 1.807) is 6.92 Å². The second kappa shape index (κ2) is 8.50. The van der Waals surface area contributed by atoms with Crippen molar-refractivity contribution in [1.82, 2.24) is 10.3 Å². The molecule has 0 saturated carbocycles. The van der Waals surface area contributed by atoms with Crippen LogP contribution in [-0.4, -0.2) is 39.7 Å². The van der Waals surface area contributed by atoms with Gasteiger partial charge in [-0.25, -0.2) is 0 Å². The quantitative estimate of drug-likeness (QED) is 0.364. The molecule has 6 rings (SSSR count). The van der Waals surface area contributed by atoms with Crippen molar-refractivity contribution < 1.29 is 19.5 Å². The first kappa shape index (κ1) is 24.8. The number of carbonyl (C=O) groups excluding carboxylic acids is 3. The Morgan fingerprint density at radius 3 is 2.61 bits per heavy atom. The van der Waals surface area contributed by atoms with E-state index in [1.165, 1.54) is 11.6 Å². The first-order valence-electron chi connectivity index (χ1n) is 13.5. The second-order valence-corrected chi connectivity index (χ2v) is 11.8. The third kappa shape index (κ3) is 3.19. The first-order chi connectivity index (χ1) is 18.1. The smallest absolute Gasteiger partial charge is 0.235 e. The minimum Gasteiger partial charge on any atom is -0.381 e. The summed E-state index contributed by atoms with van der Waals surface area (Å²) in [6.07, 6.45) is 10.4. The fourth-order valence-corrected chi connectivity index (χ4v) is 7.76. The fraction of sp³-hybridized carbons (Fsp3) is 0.406. The van der Waals surface area contributed by atoms with Crippen LogP contribution in [0.2, 0.25) is 0 Å². The normalized spacial score (nSPS) is 36.8. The van der Waals surface area contributed by atoms with Crippen molar-refractivity contribution in [3.05, 3.63) is 83.1 Å². The van der Waals surface area contributed by atoms with Gasteiger partial charge in [-0.3, -0.25) is 14.4 Å². The summed E-state index contributed by atoms with van der Waals surface area (Å²) in [4.78, 5) is 44.8. The molecular formula is C32H34N2O4. The molecule has 1 fully saturated rings. The summed E-state index contributed by atoms with van der Waals surface area (Å²) in [5.74, 6) is -1.94. The molecule has 2 aromatic rings. The highest BCUT2D eigenvalue weighted by Crippen LogP contribution is 2.63. The number of H-pyrrole nitrogens is 1. The number of aromatic amines is 1. The van der Waals surface area contributed by atoms with E-state index in [1.807, 2.05) is 37.3 Å². The van der Waals surface area contributed by atoms with Gasteiger partial charge in [-0.15, -0.1) is 0 Å². The average molecular weight is 511 g/mol. The molecule has 2 heterocycles. The van der Waals surface area contributed by atoms with Gasteiger partial charge in [0.2, 0.25) is 5.91 Å². The van der Waals surface area contributed by atoms with Gasteiger partial charge in [-0.2, -0.15) is 0 Å². The monoisotopic (exact) mass is 510 g/mol. The molecule has 0 radical (unpaired) electrons. The third-order valence-corrected chi connectivity index (χ3v) is 9.64. The predicted molar refractivity (Wildman–Crippen MR) is 146 cm³/mol. The Morgan fingerprint density at radius 2 is 1.82 bits per heavy atom. The highest BCUT2D eigenvalue weighted by Gasteiger charge is 2.71. The number of para-hydroxylation sites is 1. The Bertz CT molecular complexity index is 1510. The zero-order chi connectivity index (χ0) is 27.0. The molecule has 7 atom stereocenters. The van der Waals surface area contributed by atoms with Crippen LogP contribution in [0, 0.1) is 23.2 Å². The molecule has 1 aliphatic heterocycles. The Labute approximate surface area is 222 Å². The summed E-state index contributed by atoms with van der Waals surface area (Å²) in [6.45, 7) is 8.00. The van der Waals surface area contributed by atoms with Gasteiger partial charge in [0.1, 0.15) is 11.5 Å². The number of hydrogen-bond acceptors (Lipinski definition) is 4. The van der Waals surface area contributed by atoms with Crippen molar-refractivity contribution in [2.24, 2.45) is 23.2 Å². The van der Waals surface area contributed by atoms with E-state index >= 15 is 0 Å². The number of aliphatic hydroxyl groups excluding tert-OH is 1. The number of rotatable bonds is 0. The van der Waals surface area contributed by atoms with Gasteiger partial charge in [0, 0.05) is 39.9 Å². The Balaban J connectivity index is 1.58. The molecule has 196 valence electrons. The Kier molecular flexibility index (Phi) is 5.55. The molecule has 0 bridgehead atoms. The van der Waals surface area contributed by atoms with Gasteiger partial charge < -0.3 is 15.4 Å². The summed E-state index contributed by atoms with van der Waals surface area (Å²) >= 11 is 0. The maximum Gasteiger partial charge on any atom is 0.235 e. The molecule has 1 saturated heterocycles. The Morgan fingerprint density at radius 1 is 1.05 bits per heavy atom. The highest BCUT2D eigenvalue weighted by molar-refractivity contribution is 6.16. The number of nitrogens with one attached hydrogen (secondary N) is 2. The van der Waals surface area contributed by atoms with Crippen LogP contribution in [0.15, 0.2) is 71.9 Å². The van der Waals surface area contributed by atoms with Gasteiger partial charge >= 0.3 is 0 Å². The maximum absolute atomic E-state index is 14.3. The second-order valence-electron chi connectivity index (χ2n) is 11.8. The molecular weight excluding hydrogens is 476 g/mol. The molecule has 6 heteroatoms. The van der Waals surface area contributed by atoms with Crippen LogP contribution in [0.4, 0.5) is 0 Å². The molecule has 1 amide bonds. The largest absolute Gasteiger partial charge is 0.381 e. The lowest BCUT2D eigenvalue weighted by atomic mass is 9.47. The van der Waals surface area contributed by atoms with Crippen LogP contribution in [-0.2, 0) is 26.2 Å². The summed E-state index contributed by atoms with van der Waals surface area (Å²) in [5, 5.41) is 14.9. The van der Waals surface area contributed by atoms with Crippen molar-refractivity contribution >= 4 is 28.4 Å². The lowest BCUT2D eigenvalue weighted by molar-refractivity contribution is -0.143. The van der Waals surface area contributed by atoms with Crippen molar-refractivity contribution in [2.45, 2.75) is 58.1 Å². The van der Waals surface area contributed by atoms with Gasteiger partial charge in [0.05, 0.1) is 0 Å². The third-order valence-electron chi connectivity index (χ3n) is 9.64. The van der Waals surface area contributed by atoms with Crippen LogP contribution in [0.3, 0.4) is 0 Å². The van der Waals surface area contributed by atoms with Crippen molar-refractivity contribution in [3.63, 3.8) is 0 Å². The molecule has 4 aliphatic rings. The van der Waals surface area contributed by atoms with E-state index < -0.39 is 28.6 Å². The summed E-state index contributed by atoms with van der Waals surface area (Å²) in [6, 6.07) is 7.98. The first-order valence-corrected chi connectivity index (χ1v) is 13.5. The molecule has 3 aliphatic carbocycles. The Hall–Kier alpha value is -3.51. The minimum atomic E-state index is -1.40. The van der Waals surface area contributed by atoms with Crippen LogP contribution in [0.1, 0.15) is 45.4 Å².